The molecule has 0 bridgehead atoms. The van der Waals surface area contributed by atoms with Crippen molar-refractivity contribution in [3.63, 3.8) is 0 Å². The summed E-state index contributed by atoms with van der Waals surface area (Å²) in [5.41, 5.74) is 0. The van der Waals surface area contributed by atoms with Crippen LogP contribution in [0.2, 0.25) is 0 Å². The summed E-state index contributed by atoms with van der Waals surface area (Å²) in [6.07, 6.45) is 1.03. The molecule has 0 fully saturated rings. The second kappa shape index (κ2) is 8.15. The molecule has 1 amide bonds. The van der Waals surface area contributed by atoms with Crippen molar-refractivity contribution in [1.29, 1.82) is 0 Å². The van der Waals surface area contributed by atoms with Gasteiger partial charge in [-0.2, -0.15) is 12.6 Å². The number of hydrogen-bond donors (Lipinski definition) is 3. The molecule has 0 saturated carbocycles. The van der Waals surface area contributed by atoms with Crippen LogP contribution < -0.4 is 5.32 Å². The first-order chi connectivity index (χ1) is 7.51. The number of carboxylic acids is 1. The Morgan fingerprint density at radius 2 is 2.00 bits per heavy atom. The van der Waals surface area contributed by atoms with Crippen LogP contribution in [-0.4, -0.2) is 34.6 Å². The van der Waals surface area contributed by atoms with Gasteiger partial charge in [-0.15, -0.1) is 0 Å². The third-order valence-electron chi connectivity index (χ3n) is 1.94. The Morgan fingerprint density at radius 1 is 1.38 bits per heavy atom. The molecule has 0 aromatic heterocycles. The lowest BCUT2D eigenvalue weighted by molar-refractivity contribution is -0.142. The molecule has 0 aromatic carbocycles. The SMILES string of the molecule is CCCC(=O)CC(=O)N[C@@H](CCS)C(=O)O. The number of carbonyl (C=O) groups is 3. The molecule has 5 nitrogen and oxygen atoms in total. The van der Waals surface area contributed by atoms with Crippen molar-refractivity contribution in [3.05, 3.63) is 0 Å². The van der Waals surface area contributed by atoms with Crippen molar-refractivity contribution >= 4 is 30.3 Å². The van der Waals surface area contributed by atoms with Gasteiger partial charge in [-0.25, -0.2) is 4.79 Å². The first-order valence-electron chi connectivity index (χ1n) is 5.16. The summed E-state index contributed by atoms with van der Waals surface area (Å²) in [5, 5.41) is 11.1. The number of rotatable bonds is 8. The van der Waals surface area contributed by atoms with E-state index in [4.69, 9.17) is 5.11 Å². The zero-order valence-electron chi connectivity index (χ0n) is 9.23. The quantitative estimate of drug-likeness (QED) is 0.434. The number of carboxylic acid groups (broad SMARTS) is 1. The zero-order chi connectivity index (χ0) is 12.6. The lowest BCUT2D eigenvalue weighted by Crippen LogP contribution is -2.41. The fourth-order valence-electron chi connectivity index (χ4n) is 1.18. The average molecular weight is 247 g/mol. The van der Waals surface area contributed by atoms with Gasteiger partial charge in [0.15, 0.2) is 0 Å². The maximum Gasteiger partial charge on any atom is 0.326 e. The number of hydrogen-bond acceptors (Lipinski definition) is 4. The molecule has 2 N–H and O–H groups in total. The molecule has 0 unspecified atom stereocenters. The summed E-state index contributed by atoms with van der Waals surface area (Å²) >= 11 is 3.90. The summed E-state index contributed by atoms with van der Waals surface area (Å²) in [6.45, 7) is 1.84. The largest absolute Gasteiger partial charge is 0.480 e. The number of carbonyl (C=O) groups excluding carboxylic acids is 2. The molecule has 0 aromatic rings. The van der Waals surface area contributed by atoms with Gasteiger partial charge in [-0.05, 0) is 18.6 Å². The molecular weight excluding hydrogens is 230 g/mol. The van der Waals surface area contributed by atoms with Crippen molar-refractivity contribution in [3.8, 4) is 0 Å². The molecule has 0 radical (unpaired) electrons. The van der Waals surface area contributed by atoms with Crippen molar-refractivity contribution in [2.45, 2.75) is 38.6 Å². The van der Waals surface area contributed by atoms with Crippen molar-refractivity contribution in [1.82, 2.24) is 5.32 Å². The van der Waals surface area contributed by atoms with Gasteiger partial charge in [0.25, 0.3) is 0 Å². The standard InChI is InChI=1S/C10H17NO4S/c1-2-3-7(12)6-9(13)11-8(4-5-16)10(14)15/h8,16H,2-6H2,1H3,(H,11,13)(H,14,15)/t8-/m0/s1. The third-order valence-corrected chi connectivity index (χ3v) is 2.20. The van der Waals surface area contributed by atoms with Crippen LogP contribution in [-0.2, 0) is 14.4 Å². The maximum absolute atomic E-state index is 11.3. The highest BCUT2D eigenvalue weighted by molar-refractivity contribution is 7.80. The monoisotopic (exact) mass is 247 g/mol. The minimum atomic E-state index is -1.11. The summed E-state index contributed by atoms with van der Waals surface area (Å²) < 4.78 is 0. The van der Waals surface area contributed by atoms with Crippen molar-refractivity contribution < 1.29 is 19.5 Å². The van der Waals surface area contributed by atoms with Crippen LogP contribution >= 0.6 is 12.6 Å². The summed E-state index contributed by atoms with van der Waals surface area (Å²) in [5.74, 6) is -1.45. The van der Waals surface area contributed by atoms with Crippen LogP contribution in [0.3, 0.4) is 0 Å². The molecule has 0 aliphatic rings. The summed E-state index contributed by atoms with van der Waals surface area (Å²) in [4.78, 5) is 33.1. The Bertz CT molecular complexity index is 268. The minimum absolute atomic E-state index is 0.171. The first-order valence-corrected chi connectivity index (χ1v) is 5.79. The molecule has 0 saturated heterocycles. The van der Waals surface area contributed by atoms with Crippen LogP contribution in [0.4, 0.5) is 0 Å². The molecule has 0 rings (SSSR count). The maximum atomic E-state index is 11.3. The Kier molecular flexibility index (Phi) is 7.62. The number of ketones is 1. The van der Waals surface area contributed by atoms with Gasteiger partial charge in [0.2, 0.25) is 5.91 Å². The normalized spacial score (nSPS) is 11.9. The smallest absolute Gasteiger partial charge is 0.326 e. The number of nitrogens with one attached hydrogen (secondary N) is 1. The van der Waals surface area contributed by atoms with Crippen molar-refractivity contribution in [2.75, 3.05) is 5.75 Å². The molecule has 0 spiro atoms. The Morgan fingerprint density at radius 3 is 2.44 bits per heavy atom. The Labute approximate surface area is 100 Å². The lowest BCUT2D eigenvalue weighted by Gasteiger charge is -2.12. The van der Waals surface area contributed by atoms with Gasteiger partial charge < -0.3 is 10.4 Å². The van der Waals surface area contributed by atoms with Gasteiger partial charge in [-0.1, -0.05) is 6.92 Å². The van der Waals surface area contributed by atoms with Crippen LogP contribution in [0.25, 0.3) is 0 Å². The average Bonchev–Trinajstić information content (AvgIpc) is 2.16. The van der Waals surface area contributed by atoms with E-state index in [1.807, 2.05) is 6.92 Å². The van der Waals surface area contributed by atoms with E-state index < -0.39 is 17.9 Å². The predicted octanol–water partition coefficient (Wildman–Crippen LogP) is 0.635. The molecule has 0 heterocycles. The van der Waals surface area contributed by atoms with Gasteiger partial charge in [0.05, 0.1) is 6.42 Å². The Hall–Kier alpha value is -1.04. The lowest BCUT2D eigenvalue weighted by atomic mass is 10.1. The van der Waals surface area contributed by atoms with Gasteiger partial charge in [0.1, 0.15) is 11.8 Å². The van der Waals surface area contributed by atoms with E-state index in [0.29, 0.717) is 18.6 Å². The predicted molar refractivity (Wildman–Crippen MR) is 62.6 cm³/mol. The first kappa shape index (κ1) is 15.0. The topological polar surface area (TPSA) is 83.5 Å². The van der Waals surface area contributed by atoms with E-state index in [1.165, 1.54) is 0 Å². The highest BCUT2D eigenvalue weighted by atomic mass is 32.1. The van der Waals surface area contributed by atoms with Crippen LogP contribution in [0.1, 0.15) is 32.6 Å². The second-order valence-electron chi connectivity index (χ2n) is 3.44. The van der Waals surface area contributed by atoms with Crippen molar-refractivity contribution in [2.24, 2.45) is 0 Å². The second-order valence-corrected chi connectivity index (χ2v) is 3.88. The van der Waals surface area contributed by atoms with Gasteiger partial charge in [0, 0.05) is 6.42 Å². The number of thiol groups is 1. The Balaban J connectivity index is 4.09. The van der Waals surface area contributed by atoms with Crippen LogP contribution in [0.5, 0.6) is 0 Å². The van der Waals surface area contributed by atoms with Crippen LogP contribution in [0.15, 0.2) is 0 Å². The molecule has 0 aliphatic carbocycles. The van der Waals surface area contributed by atoms with E-state index in [0.717, 1.165) is 0 Å². The highest BCUT2D eigenvalue weighted by Gasteiger charge is 2.19. The third kappa shape index (κ3) is 6.44. The van der Waals surface area contributed by atoms with Crippen LogP contribution in [0, 0.1) is 0 Å². The summed E-state index contributed by atoms with van der Waals surface area (Å²) in [7, 11) is 0. The number of aliphatic carboxylic acids is 1. The molecule has 16 heavy (non-hydrogen) atoms. The van der Waals surface area contributed by atoms with Gasteiger partial charge >= 0.3 is 5.97 Å². The summed E-state index contributed by atoms with van der Waals surface area (Å²) in [6, 6.07) is -0.959. The molecule has 1 atom stereocenters. The zero-order valence-corrected chi connectivity index (χ0v) is 10.1. The van der Waals surface area contributed by atoms with Gasteiger partial charge in [-0.3, -0.25) is 9.59 Å². The molecule has 6 heteroatoms. The van der Waals surface area contributed by atoms with E-state index in [9.17, 15) is 14.4 Å². The molecule has 0 aliphatic heterocycles. The van der Waals surface area contributed by atoms with E-state index in [-0.39, 0.29) is 18.6 Å². The number of amides is 1. The number of Topliss-reactive ketones (excluding diaryl/α,β-unsaturated/α-hetero) is 1. The van der Waals surface area contributed by atoms with E-state index in [2.05, 4.69) is 17.9 Å². The molecular formula is C10H17NO4S. The highest BCUT2D eigenvalue weighted by Crippen LogP contribution is 1.98. The fraction of sp³-hybridized carbons (Fsp3) is 0.700. The molecule has 92 valence electrons. The van der Waals surface area contributed by atoms with E-state index >= 15 is 0 Å². The van der Waals surface area contributed by atoms with E-state index in [1.54, 1.807) is 0 Å². The minimum Gasteiger partial charge on any atom is -0.480 e. The fourth-order valence-corrected chi connectivity index (χ4v) is 1.44.